The number of hydrogen-bond donors (Lipinski definition) is 2. The predicted octanol–water partition coefficient (Wildman–Crippen LogP) is 2.62. The van der Waals surface area contributed by atoms with Crippen molar-refractivity contribution in [3.63, 3.8) is 0 Å². The standard InChI is InChI=1S/C13H19ClFNO/c1-9(2)13(7-16,8-17)6-10-3-4-12(15)11(14)5-10/h3-5,9,17H,6-8,16H2,1-2H3. The molecule has 0 amide bonds. The highest BCUT2D eigenvalue weighted by atomic mass is 35.5. The molecule has 0 aromatic heterocycles. The van der Waals surface area contributed by atoms with Crippen LogP contribution in [0.5, 0.6) is 0 Å². The third kappa shape index (κ3) is 3.18. The number of rotatable bonds is 5. The van der Waals surface area contributed by atoms with Gasteiger partial charge in [-0.15, -0.1) is 0 Å². The van der Waals surface area contributed by atoms with E-state index in [0.29, 0.717) is 13.0 Å². The van der Waals surface area contributed by atoms with E-state index in [1.165, 1.54) is 6.07 Å². The molecule has 96 valence electrons. The number of benzene rings is 1. The van der Waals surface area contributed by atoms with Gasteiger partial charge < -0.3 is 10.8 Å². The van der Waals surface area contributed by atoms with Gasteiger partial charge in [0.15, 0.2) is 0 Å². The topological polar surface area (TPSA) is 46.2 Å². The minimum absolute atomic E-state index is 0.0101. The van der Waals surface area contributed by atoms with Gasteiger partial charge in [0, 0.05) is 12.0 Å². The van der Waals surface area contributed by atoms with Crippen LogP contribution < -0.4 is 5.73 Å². The van der Waals surface area contributed by atoms with E-state index < -0.39 is 5.82 Å². The Kier molecular flexibility index (Phi) is 4.92. The SMILES string of the molecule is CC(C)C(CN)(CO)Cc1ccc(F)c(Cl)c1. The molecule has 1 rings (SSSR count). The summed E-state index contributed by atoms with van der Waals surface area (Å²) in [5.74, 6) is -0.191. The highest BCUT2D eigenvalue weighted by Gasteiger charge is 2.32. The Labute approximate surface area is 107 Å². The molecule has 0 radical (unpaired) electrons. The maximum absolute atomic E-state index is 13.0. The summed E-state index contributed by atoms with van der Waals surface area (Å²) in [6, 6.07) is 4.62. The van der Waals surface area contributed by atoms with Crippen molar-refractivity contribution in [1.82, 2.24) is 0 Å². The lowest BCUT2D eigenvalue weighted by Crippen LogP contribution is -2.41. The lowest BCUT2D eigenvalue weighted by atomic mass is 9.73. The molecule has 3 N–H and O–H groups in total. The van der Waals surface area contributed by atoms with Crippen molar-refractivity contribution in [2.45, 2.75) is 20.3 Å². The Morgan fingerprint density at radius 1 is 1.47 bits per heavy atom. The van der Waals surface area contributed by atoms with Crippen molar-refractivity contribution < 1.29 is 9.50 Å². The first-order valence-corrected chi connectivity index (χ1v) is 6.08. The zero-order chi connectivity index (χ0) is 13.1. The van der Waals surface area contributed by atoms with E-state index in [2.05, 4.69) is 0 Å². The fourth-order valence-corrected chi connectivity index (χ4v) is 2.07. The molecule has 0 aliphatic heterocycles. The van der Waals surface area contributed by atoms with Crippen LogP contribution in [-0.4, -0.2) is 18.3 Å². The molecule has 0 saturated heterocycles. The van der Waals surface area contributed by atoms with Crippen molar-refractivity contribution in [2.24, 2.45) is 17.1 Å². The van der Waals surface area contributed by atoms with Gasteiger partial charge >= 0.3 is 0 Å². The van der Waals surface area contributed by atoms with E-state index in [9.17, 15) is 9.50 Å². The van der Waals surface area contributed by atoms with Crippen LogP contribution >= 0.6 is 11.6 Å². The van der Waals surface area contributed by atoms with E-state index in [0.717, 1.165) is 5.56 Å². The fourth-order valence-electron chi connectivity index (χ4n) is 1.87. The maximum atomic E-state index is 13.0. The van der Waals surface area contributed by atoms with Crippen molar-refractivity contribution in [2.75, 3.05) is 13.2 Å². The summed E-state index contributed by atoms with van der Waals surface area (Å²) in [7, 11) is 0. The average Bonchev–Trinajstić information content (AvgIpc) is 2.30. The second-order valence-electron chi connectivity index (χ2n) is 4.80. The lowest BCUT2D eigenvalue weighted by Gasteiger charge is -2.35. The highest BCUT2D eigenvalue weighted by molar-refractivity contribution is 6.30. The third-order valence-electron chi connectivity index (χ3n) is 3.49. The van der Waals surface area contributed by atoms with Crippen LogP contribution in [0.2, 0.25) is 5.02 Å². The predicted molar refractivity (Wildman–Crippen MR) is 68.5 cm³/mol. The number of halogens is 2. The fraction of sp³-hybridized carbons (Fsp3) is 0.538. The van der Waals surface area contributed by atoms with Gasteiger partial charge in [-0.1, -0.05) is 31.5 Å². The first-order valence-electron chi connectivity index (χ1n) is 5.70. The van der Waals surface area contributed by atoms with Gasteiger partial charge in [-0.05, 0) is 30.0 Å². The molecule has 4 heteroatoms. The number of aliphatic hydroxyl groups excluding tert-OH is 1. The third-order valence-corrected chi connectivity index (χ3v) is 3.78. The van der Waals surface area contributed by atoms with Gasteiger partial charge in [0.1, 0.15) is 5.82 Å². The van der Waals surface area contributed by atoms with Gasteiger partial charge in [-0.25, -0.2) is 4.39 Å². The van der Waals surface area contributed by atoms with Crippen LogP contribution in [-0.2, 0) is 6.42 Å². The summed E-state index contributed by atoms with van der Waals surface area (Å²) in [5.41, 5.74) is 6.29. The van der Waals surface area contributed by atoms with Gasteiger partial charge in [-0.3, -0.25) is 0 Å². The zero-order valence-electron chi connectivity index (χ0n) is 10.2. The van der Waals surface area contributed by atoms with Gasteiger partial charge in [-0.2, -0.15) is 0 Å². The van der Waals surface area contributed by atoms with Crippen LogP contribution in [0.15, 0.2) is 18.2 Å². The summed E-state index contributed by atoms with van der Waals surface area (Å²) in [4.78, 5) is 0. The first kappa shape index (κ1) is 14.4. The number of aliphatic hydroxyl groups is 1. The Morgan fingerprint density at radius 2 is 2.12 bits per heavy atom. The molecule has 1 aromatic rings. The first-order chi connectivity index (χ1) is 7.95. The van der Waals surface area contributed by atoms with Crippen molar-refractivity contribution >= 4 is 11.6 Å². The molecular weight excluding hydrogens is 241 g/mol. The molecule has 1 atom stereocenters. The smallest absolute Gasteiger partial charge is 0.141 e. The monoisotopic (exact) mass is 259 g/mol. The Morgan fingerprint density at radius 3 is 2.53 bits per heavy atom. The molecule has 0 fully saturated rings. The summed E-state index contributed by atoms with van der Waals surface area (Å²) < 4.78 is 13.0. The molecule has 0 heterocycles. The minimum atomic E-state index is -0.428. The molecule has 0 spiro atoms. The highest BCUT2D eigenvalue weighted by Crippen LogP contribution is 2.31. The quantitative estimate of drug-likeness (QED) is 0.854. The van der Waals surface area contributed by atoms with Crippen LogP contribution in [0.3, 0.4) is 0 Å². The van der Waals surface area contributed by atoms with Gasteiger partial charge in [0.2, 0.25) is 0 Å². The Hall–Kier alpha value is -0.640. The molecule has 17 heavy (non-hydrogen) atoms. The van der Waals surface area contributed by atoms with E-state index in [1.54, 1.807) is 12.1 Å². The van der Waals surface area contributed by atoms with Crippen molar-refractivity contribution in [3.05, 3.63) is 34.6 Å². The summed E-state index contributed by atoms with van der Waals surface area (Å²) in [5, 5.41) is 9.65. The van der Waals surface area contributed by atoms with Gasteiger partial charge in [0.05, 0.1) is 11.6 Å². The van der Waals surface area contributed by atoms with Crippen LogP contribution in [0.4, 0.5) is 4.39 Å². The Bertz CT molecular complexity index is 378. The van der Waals surface area contributed by atoms with Crippen LogP contribution in [0, 0.1) is 17.2 Å². The van der Waals surface area contributed by atoms with Crippen LogP contribution in [0.1, 0.15) is 19.4 Å². The molecule has 1 aromatic carbocycles. The second kappa shape index (κ2) is 5.80. The second-order valence-corrected chi connectivity index (χ2v) is 5.21. The molecule has 0 aliphatic rings. The van der Waals surface area contributed by atoms with E-state index in [1.807, 2.05) is 13.8 Å². The minimum Gasteiger partial charge on any atom is -0.396 e. The van der Waals surface area contributed by atoms with E-state index in [-0.39, 0.29) is 23.0 Å². The molecule has 2 nitrogen and oxygen atoms in total. The molecule has 0 saturated carbocycles. The van der Waals surface area contributed by atoms with Gasteiger partial charge in [0.25, 0.3) is 0 Å². The lowest BCUT2D eigenvalue weighted by molar-refractivity contribution is 0.0843. The molecule has 1 unspecified atom stereocenters. The maximum Gasteiger partial charge on any atom is 0.141 e. The van der Waals surface area contributed by atoms with Crippen molar-refractivity contribution in [3.8, 4) is 0 Å². The summed E-state index contributed by atoms with van der Waals surface area (Å²) in [6.45, 7) is 4.44. The number of nitrogens with two attached hydrogens (primary N) is 1. The van der Waals surface area contributed by atoms with Crippen LogP contribution in [0.25, 0.3) is 0 Å². The van der Waals surface area contributed by atoms with Crippen molar-refractivity contribution in [1.29, 1.82) is 0 Å². The summed E-state index contributed by atoms with van der Waals surface area (Å²) in [6.07, 6.45) is 0.595. The molecule has 0 bridgehead atoms. The van der Waals surface area contributed by atoms with E-state index in [4.69, 9.17) is 17.3 Å². The van der Waals surface area contributed by atoms with E-state index >= 15 is 0 Å². The molecular formula is C13H19ClFNO. The molecule has 0 aliphatic carbocycles. The Balaban J connectivity index is 2.97. The zero-order valence-corrected chi connectivity index (χ0v) is 11.0. The normalized spacial score (nSPS) is 15.0. The average molecular weight is 260 g/mol. The largest absolute Gasteiger partial charge is 0.396 e. The number of hydrogen-bond acceptors (Lipinski definition) is 2. The summed E-state index contributed by atoms with van der Waals surface area (Å²) >= 11 is 5.74.